The molecule has 11 heteroatoms. The molecule has 0 aliphatic carbocycles. The summed E-state index contributed by atoms with van der Waals surface area (Å²) in [6.45, 7) is 2.84. The monoisotopic (exact) mass is 461 g/mol. The highest BCUT2D eigenvalue weighted by Gasteiger charge is 2.32. The van der Waals surface area contributed by atoms with Crippen LogP contribution >= 0.6 is 0 Å². The van der Waals surface area contributed by atoms with Crippen LogP contribution < -0.4 is 21.4 Å². The van der Waals surface area contributed by atoms with E-state index in [0.717, 1.165) is 17.1 Å². The van der Waals surface area contributed by atoms with E-state index in [4.69, 9.17) is 5.73 Å². The van der Waals surface area contributed by atoms with E-state index in [1.165, 1.54) is 32.1 Å². The lowest BCUT2D eigenvalue weighted by atomic mass is 10.0. The van der Waals surface area contributed by atoms with Gasteiger partial charge in [0, 0.05) is 12.6 Å². The number of halogens is 3. The molecule has 2 amide bonds. The van der Waals surface area contributed by atoms with Crippen LogP contribution in [0, 0.1) is 0 Å². The molecular formula is C22H22F3N5O3. The Morgan fingerprint density at radius 1 is 1.21 bits per heavy atom. The zero-order chi connectivity index (χ0) is 24.3. The summed E-state index contributed by atoms with van der Waals surface area (Å²) in [7, 11) is 0. The lowest BCUT2D eigenvalue weighted by Gasteiger charge is -2.28. The van der Waals surface area contributed by atoms with Gasteiger partial charge in [-0.15, -0.1) is 0 Å². The molecule has 0 saturated carbocycles. The third kappa shape index (κ3) is 5.69. The van der Waals surface area contributed by atoms with Crippen LogP contribution in [0.3, 0.4) is 0 Å². The van der Waals surface area contributed by atoms with Gasteiger partial charge in [-0.3, -0.25) is 9.59 Å². The summed E-state index contributed by atoms with van der Waals surface area (Å²) in [5, 5.41) is 20.9. The predicted molar refractivity (Wildman–Crippen MR) is 118 cm³/mol. The van der Waals surface area contributed by atoms with Crippen LogP contribution in [0.5, 0.6) is 0 Å². The second kappa shape index (κ2) is 9.33. The molecule has 2 atom stereocenters. The molecule has 2 aromatic rings. The van der Waals surface area contributed by atoms with Gasteiger partial charge in [0.05, 0.1) is 23.0 Å². The first-order chi connectivity index (χ1) is 15.5. The van der Waals surface area contributed by atoms with Crippen LogP contribution in [0.1, 0.15) is 31.0 Å². The van der Waals surface area contributed by atoms with Crippen molar-refractivity contribution in [1.82, 2.24) is 5.32 Å². The molecule has 0 bridgehead atoms. The third-order valence-electron chi connectivity index (χ3n) is 4.74. The Kier molecular flexibility index (Phi) is 6.73. The van der Waals surface area contributed by atoms with E-state index in [0.29, 0.717) is 11.4 Å². The fourth-order valence-corrected chi connectivity index (χ4v) is 3.20. The number of nitrogens with one attached hydrogen (secondary N) is 2. The number of carbonyl (C=O) groups excluding carboxylic acids is 2. The van der Waals surface area contributed by atoms with E-state index in [9.17, 15) is 27.9 Å². The van der Waals surface area contributed by atoms with Crippen LogP contribution in [-0.2, 0) is 15.8 Å². The fraction of sp³-hybridized carbons (Fsp3) is 0.227. The highest BCUT2D eigenvalue weighted by atomic mass is 19.4. The molecule has 0 aromatic heterocycles. The largest absolute Gasteiger partial charge is 0.416 e. The fourth-order valence-electron chi connectivity index (χ4n) is 3.20. The van der Waals surface area contributed by atoms with Crippen LogP contribution in [0.4, 0.5) is 30.2 Å². The van der Waals surface area contributed by atoms with Gasteiger partial charge in [0.1, 0.15) is 5.71 Å². The summed E-state index contributed by atoms with van der Waals surface area (Å²) in [5.74, 6) is -1.01. The summed E-state index contributed by atoms with van der Waals surface area (Å²) in [4.78, 5) is 24.3. The van der Waals surface area contributed by atoms with Crippen molar-refractivity contribution in [2.24, 2.45) is 5.10 Å². The topological polar surface area (TPSA) is 120 Å². The minimum atomic E-state index is -4.58. The summed E-state index contributed by atoms with van der Waals surface area (Å²) in [6, 6.07) is 8.82. The molecule has 0 spiro atoms. The Balaban J connectivity index is 1.84. The van der Waals surface area contributed by atoms with E-state index in [1.54, 1.807) is 24.3 Å². The molecule has 1 aliphatic rings. The molecule has 1 heterocycles. The number of nitrogen functional groups attached to an aromatic ring is 1. The molecule has 3 rings (SSSR count). The maximum Gasteiger partial charge on any atom is 0.416 e. The van der Waals surface area contributed by atoms with Crippen molar-refractivity contribution in [2.45, 2.75) is 32.3 Å². The molecule has 0 fully saturated rings. The summed E-state index contributed by atoms with van der Waals surface area (Å²) < 4.78 is 39.3. The molecular weight excluding hydrogens is 439 g/mol. The van der Waals surface area contributed by atoms with Gasteiger partial charge in [0.15, 0.2) is 6.23 Å². The molecule has 0 radical (unpaired) electrons. The minimum absolute atomic E-state index is 0.0836. The smallest absolute Gasteiger partial charge is 0.399 e. The number of hydrogen-bond donors (Lipinski definition) is 4. The van der Waals surface area contributed by atoms with Gasteiger partial charge in [-0.1, -0.05) is 12.1 Å². The Hall–Kier alpha value is -3.86. The van der Waals surface area contributed by atoms with E-state index in [-0.39, 0.29) is 22.9 Å². The number of benzene rings is 2. The number of hydrogen-bond acceptors (Lipinski definition) is 6. The van der Waals surface area contributed by atoms with Crippen LogP contribution in [0.2, 0.25) is 0 Å². The quantitative estimate of drug-likeness (QED) is 0.510. The zero-order valence-corrected chi connectivity index (χ0v) is 17.7. The van der Waals surface area contributed by atoms with Crippen LogP contribution in [-0.4, -0.2) is 28.9 Å². The normalized spacial score (nSPS) is 16.7. The van der Waals surface area contributed by atoms with Gasteiger partial charge in [0.25, 0.3) is 5.91 Å². The number of carbonyl (C=O) groups is 2. The number of amides is 2. The van der Waals surface area contributed by atoms with Crippen molar-refractivity contribution in [3.8, 4) is 0 Å². The van der Waals surface area contributed by atoms with Gasteiger partial charge in [-0.2, -0.15) is 18.3 Å². The maximum atomic E-state index is 13.1. The van der Waals surface area contributed by atoms with Crippen molar-refractivity contribution >= 4 is 34.6 Å². The molecule has 0 saturated heterocycles. The Morgan fingerprint density at radius 2 is 1.91 bits per heavy atom. The number of aliphatic hydroxyl groups excluding tert-OH is 1. The van der Waals surface area contributed by atoms with Crippen LogP contribution in [0.15, 0.2) is 59.7 Å². The van der Waals surface area contributed by atoms with E-state index in [2.05, 4.69) is 15.7 Å². The number of nitrogens with zero attached hydrogens (tertiary/aromatic N) is 2. The lowest BCUT2D eigenvalue weighted by molar-refractivity contribution is -0.137. The molecule has 1 aliphatic heterocycles. The highest BCUT2D eigenvalue weighted by Crippen LogP contribution is 2.33. The molecule has 174 valence electrons. The predicted octanol–water partition coefficient (Wildman–Crippen LogP) is 3.17. The second-order valence-electron chi connectivity index (χ2n) is 7.38. The van der Waals surface area contributed by atoms with Crippen LogP contribution in [0.25, 0.3) is 0 Å². The Bertz CT molecular complexity index is 1130. The van der Waals surface area contributed by atoms with Gasteiger partial charge < -0.3 is 21.5 Å². The molecule has 2 aromatic carbocycles. The Labute approximate surface area is 187 Å². The van der Waals surface area contributed by atoms with Gasteiger partial charge in [0.2, 0.25) is 5.91 Å². The van der Waals surface area contributed by atoms with Crippen molar-refractivity contribution in [3.05, 3.63) is 65.7 Å². The number of para-hydroxylation sites is 2. The van der Waals surface area contributed by atoms with Crippen molar-refractivity contribution in [1.29, 1.82) is 0 Å². The molecule has 33 heavy (non-hydrogen) atoms. The van der Waals surface area contributed by atoms with E-state index >= 15 is 0 Å². The lowest BCUT2D eigenvalue weighted by Crippen LogP contribution is -2.39. The molecule has 5 N–H and O–H groups in total. The van der Waals surface area contributed by atoms with E-state index < -0.39 is 29.9 Å². The number of rotatable bonds is 5. The first kappa shape index (κ1) is 23.8. The zero-order valence-electron chi connectivity index (χ0n) is 17.7. The van der Waals surface area contributed by atoms with Gasteiger partial charge >= 0.3 is 6.18 Å². The average molecular weight is 461 g/mol. The molecule has 1 unspecified atom stereocenters. The van der Waals surface area contributed by atoms with Gasteiger partial charge in [-0.25, -0.2) is 5.01 Å². The summed E-state index contributed by atoms with van der Waals surface area (Å²) in [6.07, 6.45) is -3.18. The number of hydrazone groups is 1. The first-order valence-corrected chi connectivity index (χ1v) is 9.85. The van der Waals surface area contributed by atoms with Gasteiger partial charge in [-0.05, 0) is 55.0 Å². The average Bonchev–Trinajstić information content (AvgIpc) is 2.73. The number of alkyl halides is 3. The molecule has 8 nitrogen and oxygen atoms in total. The maximum absolute atomic E-state index is 13.1. The highest BCUT2D eigenvalue weighted by molar-refractivity contribution is 6.43. The van der Waals surface area contributed by atoms with Crippen molar-refractivity contribution in [3.63, 3.8) is 0 Å². The standard InChI is InChI=1S/C22H22F3N5O3/c1-12(14-9-15(22(23,24)25)11-16(26)10-14)27-21(33)18-7-8-20(32)30(29-18)19-6-4-3-5-17(19)28-13(2)31/h3-12,20,32H,26H2,1-2H3,(H,27,33)(H,28,31)/t12-,20?/m1/s1. The SMILES string of the molecule is CC(=O)Nc1ccccc1N1N=C(C(=O)N[C@H](C)c2cc(N)cc(C(F)(F)F)c2)C=CC1O. The Morgan fingerprint density at radius 3 is 2.58 bits per heavy atom. The summed E-state index contributed by atoms with van der Waals surface area (Å²) in [5.41, 5.74) is 5.39. The minimum Gasteiger partial charge on any atom is -0.399 e. The van der Waals surface area contributed by atoms with Crippen molar-refractivity contribution < 1.29 is 27.9 Å². The van der Waals surface area contributed by atoms with Crippen molar-refractivity contribution in [2.75, 3.05) is 16.1 Å². The first-order valence-electron chi connectivity index (χ1n) is 9.85. The summed E-state index contributed by atoms with van der Waals surface area (Å²) >= 11 is 0. The number of anilines is 3. The number of nitrogens with two attached hydrogens (primary N) is 1. The van der Waals surface area contributed by atoms with E-state index in [1.807, 2.05) is 0 Å². The second-order valence-corrected chi connectivity index (χ2v) is 7.38. The third-order valence-corrected chi connectivity index (χ3v) is 4.74. The number of aliphatic hydroxyl groups is 1.